The quantitative estimate of drug-likeness (QED) is 0.309. The van der Waals surface area contributed by atoms with Crippen LogP contribution in [0.2, 0.25) is 0 Å². The van der Waals surface area contributed by atoms with E-state index in [-0.39, 0.29) is 25.3 Å². The van der Waals surface area contributed by atoms with Crippen molar-refractivity contribution in [2.75, 3.05) is 52.5 Å². The Morgan fingerprint density at radius 3 is 1.80 bits per heavy atom. The second-order valence-electron chi connectivity index (χ2n) is 8.40. The summed E-state index contributed by atoms with van der Waals surface area (Å²) in [6, 6.07) is -0.318. The molecule has 0 spiro atoms. The Balaban J connectivity index is 0.000000325. The topological polar surface area (TPSA) is 133 Å². The Kier molecular flexibility index (Phi) is 15.0. The van der Waals surface area contributed by atoms with Gasteiger partial charge in [0.25, 0.3) is 0 Å². The second-order valence-corrected chi connectivity index (χ2v) is 8.40. The summed E-state index contributed by atoms with van der Waals surface area (Å²) in [6.07, 6.45) is 6.48. The summed E-state index contributed by atoms with van der Waals surface area (Å²) in [5.74, 6) is 4.86. The molecule has 10 heteroatoms. The summed E-state index contributed by atoms with van der Waals surface area (Å²) in [6.45, 7) is 9.65. The van der Waals surface area contributed by atoms with Crippen LogP contribution in [0.5, 0.6) is 0 Å². The molecule has 178 valence electrons. The molecule has 2 aliphatic rings. The molecule has 6 N–H and O–H groups in total. The van der Waals surface area contributed by atoms with E-state index in [0.717, 1.165) is 26.2 Å². The van der Waals surface area contributed by atoms with Gasteiger partial charge in [0.2, 0.25) is 0 Å². The predicted molar refractivity (Wildman–Crippen MR) is 115 cm³/mol. The van der Waals surface area contributed by atoms with E-state index in [9.17, 15) is 15.0 Å². The van der Waals surface area contributed by atoms with Gasteiger partial charge in [-0.3, -0.25) is 4.84 Å². The maximum atomic E-state index is 11.2. The lowest BCUT2D eigenvalue weighted by atomic mass is 10.1. The number of β-amino-alcohol motifs (C(OH)–C–C–N with tert-alkyl or cyclic N) is 2. The molecule has 0 aromatic heterocycles. The summed E-state index contributed by atoms with van der Waals surface area (Å²) in [7, 11) is 0. The number of carbonyl (C=O) groups is 1. The first kappa shape index (κ1) is 27.0. The van der Waals surface area contributed by atoms with Crippen molar-refractivity contribution in [3.63, 3.8) is 0 Å². The molecule has 2 fully saturated rings. The second kappa shape index (κ2) is 16.7. The van der Waals surface area contributed by atoms with Gasteiger partial charge in [-0.15, -0.1) is 0 Å². The standard InChI is InChI=1S/C12H25N3O3.C8H18N2O2/c1-10(2)13-12(17)14-18-9-11(16)8-15-6-4-3-5-7-15;9-12-7-8(11)6-10-4-2-1-3-5-10/h10-11,16H,3-9H2,1-2H3,(H2,13,14,17);8,11H,1-7,9H2. The number of carbonyl (C=O) groups excluding carboxylic acids is 1. The molecular weight excluding hydrogens is 390 g/mol. The first-order valence-corrected chi connectivity index (χ1v) is 11.2. The molecule has 2 aliphatic heterocycles. The van der Waals surface area contributed by atoms with Crippen LogP contribution < -0.4 is 16.7 Å². The van der Waals surface area contributed by atoms with Crippen LogP contribution in [0, 0.1) is 0 Å². The number of hydrogen-bond acceptors (Lipinski definition) is 8. The molecule has 2 rings (SSSR count). The Labute approximate surface area is 181 Å². The van der Waals surface area contributed by atoms with Crippen LogP contribution in [0.25, 0.3) is 0 Å². The van der Waals surface area contributed by atoms with Gasteiger partial charge >= 0.3 is 6.03 Å². The van der Waals surface area contributed by atoms with Crippen molar-refractivity contribution >= 4 is 6.03 Å². The Bertz CT molecular complexity index is 432. The van der Waals surface area contributed by atoms with Gasteiger partial charge in [0, 0.05) is 19.1 Å². The fourth-order valence-corrected chi connectivity index (χ4v) is 3.59. The zero-order valence-electron chi connectivity index (χ0n) is 18.7. The number of hydroxylamine groups is 1. The van der Waals surface area contributed by atoms with Crippen LogP contribution in [-0.2, 0) is 9.68 Å². The van der Waals surface area contributed by atoms with E-state index in [0.29, 0.717) is 13.1 Å². The number of aliphatic hydroxyl groups excluding tert-OH is 2. The lowest BCUT2D eigenvalue weighted by Gasteiger charge is -2.28. The fraction of sp³-hybridized carbons (Fsp3) is 0.950. The number of likely N-dealkylation sites (tertiary alicyclic amines) is 2. The zero-order valence-corrected chi connectivity index (χ0v) is 18.7. The van der Waals surface area contributed by atoms with E-state index < -0.39 is 12.2 Å². The van der Waals surface area contributed by atoms with Gasteiger partial charge in [0.1, 0.15) is 6.61 Å². The Morgan fingerprint density at radius 2 is 1.37 bits per heavy atom. The number of aliphatic hydroxyl groups is 2. The zero-order chi connectivity index (χ0) is 22.2. The highest BCUT2D eigenvalue weighted by Crippen LogP contribution is 2.09. The van der Waals surface area contributed by atoms with Gasteiger partial charge in [-0.05, 0) is 65.7 Å². The molecule has 2 saturated heterocycles. The number of hydrogen-bond donors (Lipinski definition) is 5. The van der Waals surface area contributed by atoms with Crippen molar-refractivity contribution in [3.05, 3.63) is 0 Å². The first-order chi connectivity index (χ1) is 14.4. The van der Waals surface area contributed by atoms with Crippen LogP contribution in [-0.4, -0.2) is 96.8 Å². The van der Waals surface area contributed by atoms with E-state index in [1.807, 2.05) is 13.8 Å². The van der Waals surface area contributed by atoms with Gasteiger partial charge in [0.15, 0.2) is 0 Å². The number of urea groups is 1. The molecule has 0 bridgehead atoms. The molecule has 0 aromatic carbocycles. The summed E-state index contributed by atoms with van der Waals surface area (Å²) < 4.78 is 0. The number of nitrogens with one attached hydrogen (secondary N) is 2. The lowest BCUT2D eigenvalue weighted by Crippen LogP contribution is -2.42. The normalized spacial score (nSPS) is 20.2. The largest absolute Gasteiger partial charge is 0.389 e. The van der Waals surface area contributed by atoms with Crippen molar-refractivity contribution < 1.29 is 24.7 Å². The van der Waals surface area contributed by atoms with Gasteiger partial charge in [-0.25, -0.2) is 16.2 Å². The molecule has 0 aliphatic carbocycles. The van der Waals surface area contributed by atoms with Gasteiger partial charge in [-0.1, -0.05) is 12.8 Å². The van der Waals surface area contributed by atoms with E-state index in [1.54, 1.807) is 0 Å². The molecule has 2 atom stereocenters. The van der Waals surface area contributed by atoms with Crippen LogP contribution in [0.3, 0.4) is 0 Å². The number of nitrogens with zero attached hydrogens (tertiary/aromatic N) is 2. The summed E-state index contributed by atoms with van der Waals surface area (Å²) in [5, 5.41) is 21.7. The SMILES string of the molecule is CC(C)NC(=O)NOCC(O)CN1CCCCC1.NOCC(O)CN1CCCCC1. The smallest absolute Gasteiger partial charge is 0.338 e. The van der Waals surface area contributed by atoms with E-state index in [4.69, 9.17) is 10.7 Å². The molecule has 10 nitrogen and oxygen atoms in total. The van der Waals surface area contributed by atoms with Crippen molar-refractivity contribution in [2.24, 2.45) is 5.90 Å². The van der Waals surface area contributed by atoms with E-state index >= 15 is 0 Å². The van der Waals surface area contributed by atoms with Gasteiger partial charge < -0.3 is 30.2 Å². The summed E-state index contributed by atoms with van der Waals surface area (Å²) in [5.41, 5.74) is 2.25. The average Bonchev–Trinajstić information content (AvgIpc) is 2.69. The monoisotopic (exact) mass is 433 g/mol. The minimum atomic E-state index is -0.567. The predicted octanol–water partition coefficient (Wildman–Crippen LogP) is 0.196. The summed E-state index contributed by atoms with van der Waals surface area (Å²) >= 11 is 0. The highest BCUT2D eigenvalue weighted by atomic mass is 16.7. The highest BCUT2D eigenvalue weighted by Gasteiger charge is 2.15. The third-order valence-corrected chi connectivity index (χ3v) is 4.98. The molecule has 2 unspecified atom stereocenters. The minimum Gasteiger partial charge on any atom is -0.389 e. The maximum absolute atomic E-state index is 11.2. The average molecular weight is 434 g/mol. The van der Waals surface area contributed by atoms with Crippen molar-refractivity contribution in [1.29, 1.82) is 0 Å². The van der Waals surface area contributed by atoms with Crippen LogP contribution in [0.1, 0.15) is 52.4 Å². The fourth-order valence-electron chi connectivity index (χ4n) is 3.59. The highest BCUT2D eigenvalue weighted by molar-refractivity contribution is 5.72. The molecule has 30 heavy (non-hydrogen) atoms. The van der Waals surface area contributed by atoms with Crippen LogP contribution in [0.15, 0.2) is 0 Å². The number of nitrogens with two attached hydrogens (primary N) is 1. The molecule has 0 radical (unpaired) electrons. The number of piperidine rings is 2. The van der Waals surface area contributed by atoms with Gasteiger partial charge in [0.05, 0.1) is 18.8 Å². The number of rotatable bonds is 10. The molecule has 2 amide bonds. The molecule has 0 saturated carbocycles. The van der Waals surface area contributed by atoms with Crippen LogP contribution in [0.4, 0.5) is 4.79 Å². The van der Waals surface area contributed by atoms with Crippen molar-refractivity contribution in [3.8, 4) is 0 Å². The van der Waals surface area contributed by atoms with Crippen molar-refractivity contribution in [1.82, 2.24) is 20.6 Å². The van der Waals surface area contributed by atoms with Crippen molar-refractivity contribution in [2.45, 2.75) is 70.6 Å². The lowest BCUT2D eigenvalue weighted by molar-refractivity contribution is -0.0177. The molecule has 2 heterocycles. The van der Waals surface area contributed by atoms with Gasteiger partial charge in [-0.2, -0.15) is 0 Å². The Hall–Kier alpha value is -1.01. The molecular formula is C20H43N5O5. The third kappa shape index (κ3) is 14.1. The number of amides is 2. The van der Waals surface area contributed by atoms with Crippen LogP contribution >= 0.6 is 0 Å². The minimum absolute atomic E-state index is 0.0619. The third-order valence-electron chi connectivity index (χ3n) is 4.98. The van der Waals surface area contributed by atoms with E-state index in [1.165, 1.54) is 38.5 Å². The maximum Gasteiger partial charge on any atom is 0.338 e. The summed E-state index contributed by atoms with van der Waals surface area (Å²) in [4.78, 5) is 25.0. The first-order valence-electron chi connectivity index (χ1n) is 11.2. The van der Waals surface area contributed by atoms with E-state index in [2.05, 4.69) is 25.4 Å². The molecule has 0 aromatic rings. The Morgan fingerprint density at radius 1 is 0.900 bits per heavy atom.